The van der Waals surface area contributed by atoms with Gasteiger partial charge < -0.3 is 15.2 Å². The van der Waals surface area contributed by atoms with Crippen molar-refractivity contribution in [1.29, 1.82) is 0 Å². The summed E-state index contributed by atoms with van der Waals surface area (Å²) in [5, 5.41) is 11.5. The zero-order valence-electron chi connectivity index (χ0n) is 11.3. The van der Waals surface area contributed by atoms with E-state index in [-0.39, 0.29) is 12.5 Å². The van der Waals surface area contributed by atoms with Crippen LogP contribution >= 0.6 is 27.7 Å². The van der Waals surface area contributed by atoms with E-state index in [4.69, 9.17) is 9.84 Å². The number of hydrogen-bond donors (Lipinski definition) is 2. The van der Waals surface area contributed by atoms with Crippen molar-refractivity contribution in [2.75, 3.05) is 31.3 Å². The summed E-state index contributed by atoms with van der Waals surface area (Å²) < 4.78 is 6.45. The van der Waals surface area contributed by atoms with Crippen LogP contribution in [0.5, 0.6) is 5.75 Å². The number of amides is 1. The van der Waals surface area contributed by atoms with Crippen LogP contribution in [0.2, 0.25) is 0 Å². The zero-order chi connectivity index (χ0) is 14.6. The Hall–Kier alpha value is -0.720. The molecule has 6 heteroatoms. The molecule has 0 saturated heterocycles. The second-order valence-electron chi connectivity index (χ2n) is 4.10. The molecule has 0 aliphatic rings. The van der Waals surface area contributed by atoms with Crippen LogP contribution in [0.1, 0.15) is 12.8 Å². The molecular weight excluding hydrogens is 342 g/mol. The van der Waals surface area contributed by atoms with E-state index in [9.17, 15) is 4.79 Å². The minimum absolute atomic E-state index is 0.00255. The maximum Gasteiger partial charge on any atom is 0.223 e. The fraction of sp³-hybridized carbons (Fsp3) is 0.500. The number of nitrogens with one attached hydrogen (secondary N) is 1. The third kappa shape index (κ3) is 8.45. The summed E-state index contributed by atoms with van der Waals surface area (Å²) >= 11 is 5.10. The monoisotopic (exact) mass is 361 g/mol. The molecule has 1 amide bonds. The fourth-order valence-corrected chi connectivity index (χ4v) is 2.60. The van der Waals surface area contributed by atoms with Crippen molar-refractivity contribution in [3.63, 3.8) is 0 Å². The minimum Gasteiger partial charge on any atom is -0.493 e. The summed E-state index contributed by atoms with van der Waals surface area (Å²) in [5.74, 6) is 2.56. The summed E-state index contributed by atoms with van der Waals surface area (Å²) in [6, 6.07) is 7.55. The van der Waals surface area contributed by atoms with E-state index in [0.717, 1.165) is 28.1 Å². The highest BCUT2D eigenvalue weighted by molar-refractivity contribution is 9.10. The van der Waals surface area contributed by atoms with Crippen molar-refractivity contribution < 1.29 is 14.6 Å². The molecule has 0 atom stereocenters. The standard InChI is InChI=1S/C14H20BrNO3S/c15-12-3-1-4-13(11-12)19-8-5-14(18)16-6-10-20-9-2-7-17/h1,3-4,11,17H,2,5-10H2,(H,16,18). The first kappa shape index (κ1) is 17.3. The molecule has 1 aromatic rings. The predicted octanol–water partition coefficient (Wildman–Crippen LogP) is 2.45. The normalized spacial score (nSPS) is 10.3. The lowest BCUT2D eigenvalue weighted by Crippen LogP contribution is -2.27. The molecule has 0 fully saturated rings. The van der Waals surface area contributed by atoms with Crippen molar-refractivity contribution in [1.82, 2.24) is 5.32 Å². The topological polar surface area (TPSA) is 58.6 Å². The van der Waals surface area contributed by atoms with Gasteiger partial charge in [-0.3, -0.25) is 4.79 Å². The molecule has 0 spiro atoms. The molecule has 0 bridgehead atoms. The first-order chi connectivity index (χ1) is 9.72. The second kappa shape index (κ2) is 11.0. The number of halogens is 1. The quantitative estimate of drug-likeness (QED) is 0.628. The molecule has 0 unspecified atom stereocenters. The van der Waals surface area contributed by atoms with Crippen molar-refractivity contribution in [2.24, 2.45) is 0 Å². The van der Waals surface area contributed by atoms with Gasteiger partial charge in [-0.1, -0.05) is 22.0 Å². The molecule has 0 aliphatic carbocycles. The fourth-order valence-electron chi connectivity index (χ4n) is 1.44. The van der Waals surface area contributed by atoms with Crippen molar-refractivity contribution >= 4 is 33.6 Å². The first-order valence-corrected chi connectivity index (χ1v) is 8.51. The maximum atomic E-state index is 11.5. The Labute approximate surface area is 132 Å². The molecule has 0 saturated carbocycles. The van der Waals surface area contributed by atoms with E-state index in [1.807, 2.05) is 24.3 Å². The van der Waals surface area contributed by atoms with E-state index in [0.29, 0.717) is 19.6 Å². The average molecular weight is 362 g/mol. The van der Waals surface area contributed by atoms with Crippen molar-refractivity contribution in [3.05, 3.63) is 28.7 Å². The van der Waals surface area contributed by atoms with E-state index in [1.165, 1.54) is 0 Å². The first-order valence-electron chi connectivity index (χ1n) is 6.56. The van der Waals surface area contributed by atoms with Crippen LogP contribution in [0.3, 0.4) is 0 Å². The lowest BCUT2D eigenvalue weighted by atomic mass is 10.3. The van der Waals surface area contributed by atoms with Crippen LogP contribution in [0.25, 0.3) is 0 Å². The number of hydrogen-bond acceptors (Lipinski definition) is 4. The maximum absolute atomic E-state index is 11.5. The van der Waals surface area contributed by atoms with Crippen molar-refractivity contribution in [3.8, 4) is 5.75 Å². The van der Waals surface area contributed by atoms with E-state index >= 15 is 0 Å². The van der Waals surface area contributed by atoms with Crippen LogP contribution < -0.4 is 10.1 Å². The highest BCUT2D eigenvalue weighted by Crippen LogP contribution is 2.17. The van der Waals surface area contributed by atoms with E-state index < -0.39 is 0 Å². The number of aliphatic hydroxyl groups excluding tert-OH is 1. The number of carbonyl (C=O) groups is 1. The summed E-state index contributed by atoms with van der Waals surface area (Å²) in [5.41, 5.74) is 0. The lowest BCUT2D eigenvalue weighted by molar-refractivity contribution is -0.121. The van der Waals surface area contributed by atoms with Gasteiger partial charge in [0.1, 0.15) is 5.75 Å². The van der Waals surface area contributed by atoms with Crippen LogP contribution in [0, 0.1) is 0 Å². The number of benzene rings is 1. The van der Waals surface area contributed by atoms with Gasteiger partial charge in [0.25, 0.3) is 0 Å². The van der Waals surface area contributed by atoms with Crippen LogP contribution in [0.15, 0.2) is 28.7 Å². The third-order valence-electron chi connectivity index (χ3n) is 2.41. The van der Waals surface area contributed by atoms with Gasteiger partial charge in [-0.2, -0.15) is 11.8 Å². The zero-order valence-corrected chi connectivity index (χ0v) is 13.7. The molecule has 112 valence electrons. The van der Waals surface area contributed by atoms with Gasteiger partial charge in [0.05, 0.1) is 13.0 Å². The van der Waals surface area contributed by atoms with E-state index in [1.54, 1.807) is 11.8 Å². The number of ether oxygens (including phenoxy) is 1. The smallest absolute Gasteiger partial charge is 0.223 e. The van der Waals surface area contributed by atoms with Gasteiger partial charge in [0.15, 0.2) is 0 Å². The molecule has 0 heterocycles. The minimum atomic E-state index is 0.00255. The van der Waals surface area contributed by atoms with Crippen LogP contribution in [0.4, 0.5) is 0 Å². The Balaban J connectivity index is 2.03. The Morgan fingerprint density at radius 2 is 2.25 bits per heavy atom. The summed E-state index contributed by atoms with van der Waals surface area (Å²) in [6.07, 6.45) is 1.16. The molecule has 1 rings (SSSR count). The average Bonchev–Trinajstić information content (AvgIpc) is 2.43. The van der Waals surface area contributed by atoms with E-state index in [2.05, 4.69) is 21.2 Å². The molecule has 0 radical (unpaired) electrons. The van der Waals surface area contributed by atoms with Gasteiger partial charge in [-0.05, 0) is 30.4 Å². The SMILES string of the molecule is O=C(CCOc1cccc(Br)c1)NCCSCCCO. The number of aliphatic hydroxyl groups is 1. The van der Waals surface area contributed by atoms with Crippen LogP contribution in [-0.2, 0) is 4.79 Å². The van der Waals surface area contributed by atoms with Gasteiger partial charge in [-0.25, -0.2) is 0 Å². The lowest BCUT2D eigenvalue weighted by Gasteiger charge is -2.07. The Kier molecular flexibility index (Phi) is 9.53. The Morgan fingerprint density at radius 3 is 3.00 bits per heavy atom. The largest absolute Gasteiger partial charge is 0.493 e. The summed E-state index contributed by atoms with van der Waals surface area (Å²) in [7, 11) is 0. The molecule has 0 aliphatic heterocycles. The molecule has 1 aromatic carbocycles. The molecular formula is C14H20BrNO3S. The number of thioether (sulfide) groups is 1. The third-order valence-corrected chi connectivity index (χ3v) is 3.97. The molecule has 20 heavy (non-hydrogen) atoms. The summed E-state index contributed by atoms with van der Waals surface area (Å²) in [6.45, 7) is 1.26. The van der Waals surface area contributed by atoms with Gasteiger partial charge in [0, 0.05) is 23.4 Å². The Bertz CT molecular complexity index is 404. The molecule has 4 nitrogen and oxygen atoms in total. The van der Waals surface area contributed by atoms with Crippen molar-refractivity contribution in [2.45, 2.75) is 12.8 Å². The molecule has 2 N–H and O–H groups in total. The summed E-state index contributed by atoms with van der Waals surface area (Å²) in [4.78, 5) is 11.5. The number of rotatable bonds is 10. The van der Waals surface area contributed by atoms with Gasteiger partial charge in [-0.15, -0.1) is 0 Å². The number of carbonyl (C=O) groups excluding carboxylic acids is 1. The predicted molar refractivity (Wildman–Crippen MR) is 86.3 cm³/mol. The molecule has 0 aromatic heterocycles. The van der Waals surface area contributed by atoms with Crippen LogP contribution in [-0.4, -0.2) is 42.3 Å². The van der Waals surface area contributed by atoms with Gasteiger partial charge >= 0.3 is 0 Å². The Morgan fingerprint density at radius 1 is 1.40 bits per heavy atom. The van der Waals surface area contributed by atoms with Gasteiger partial charge in [0.2, 0.25) is 5.91 Å². The second-order valence-corrected chi connectivity index (χ2v) is 6.24. The highest BCUT2D eigenvalue weighted by Gasteiger charge is 2.01. The highest BCUT2D eigenvalue weighted by atomic mass is 79.9.